The molecule has 1 saturated heterocycles. The Labute approximate surface area is 147 Å². The summed E-state index contributed by atoms with van der Waals surface area (Å²) in [5, 5.41) is 3.34. The summed E-state index contributed by atoms with van der Waals surface area (Å²) in [7, 11) is 1.48. The van der Waals surface area contributed by atoms with E-state index in [0.717, 1.165) is 44.6 Å². The third-order valence-corrected chi connectivity index (χ3v) is 4.59. The Hall–Kier alpha value is -1.47. The third kappa shape index (κ3) is 5.51. The molecule has 1 aromatic carbocycles. The maximum Gasteiger partial charge on any atom is 0.573 e. The number of halogens is 3. The van der Waals surface area contributed by atoms with Gasteiger partial charge in [-0.05, 0) is 18.4 Å². The molecule has 0 aromatic heterocycles. The van der Waals surface area contributed by atoms with E-state index in [-0.39, 0.29) is 11.8 Å². The van der Waals surface area contributed by atoms with Crippen molar-refractivity contribution in [3.05, 3.63) is 23.8 Å². The summed E-state index contributed by atoms with van der Waals surface area (Å²) in [5.41, 5.74) is 0.917. The molecule has 1 heterocycles. The molecule has 7 heteroatoms. The van der Waals surface area contributed by atoms with Gasteiger partial charge in [0, 0.05) is 43.9 Å². The summed E-state index contributed by atoms with van der Waals surface area (Å²) in [6, 6.07) is 4.52. The van der Waals surface area contributed by atoms with E-state index >= 15 is 0 Å². The van der Waals surface area contributed by atoms with Crippen molar-refractivity contribution in [2.45, 2.75) is 39.1 Å². The Morgan fingerprint density at radius 1 is 1.24 bits per heavy atom. The number of methoxy groups -OCH3 is 1. The lowest BCUT2D eigenvalue weighted by atomic mass is 9.88. The van der Waals surface area contributed by atoms with Gasteiger partial charge in [-0.2, -0.15) is 0 Å². The van der Waals surface area contributed by atoms with E-state index in [1.165, 1.54) is 19.2 Å². The van der Waals surface area contributed by atoms with Gasteiger partial charge in [-0.1, -0.05) is 26.3 Å². The number of rotatable bonds is 7. The number of benzene rings is 1. The lowest BCUT2D eigenvalue weighted by Crippen LogP contribution is -2.46. The van der Waals surface area contributed by atoms with E-state index in [1.54, 1.807) is 6.07 Å². The molecule has 1 aromatic rings. The smallest absolute Gasteiger partial charge is 0.496 e. The monoisotopic (exact) mass is 360 g/mol. The van der Waals surface area contributed by atoms with E-state index < -0.39 is 6.36 Å². The first-order valence-electron chi connectivity index (χ1n) is 8.74. The predicted molar refractivity (Wildman–Crippen MR) is 90.9 cm³/mol. The van der Waals surface area contributed by atoms with Crippen LogP contribution < -0.4 is 14.8 Å². The highest BCUT2D eigenvalue weighted by molar-refractivity contribution is 5.43. The van der Waals surface area contributed by atoms with Crippen LogP contribution in [0.3, 0.4) is 0 Å². The standard InChI is InChI=1S/C18H27F3N2O2/c1-4-5-13(2)17(23-10-8-22-9-11-23)15-7-6-14(12-16(15)24-3)25-18(19,20)21/h6-7,12-13,17,22H,4-5,8-11H2,1-3H3/t13?,17-/m0/s1. The molecule has 0 saturated carbocycles. The minimum absolute atomic E-state index is 0.108. The highest BCUT2D eigenvalue weighted by Crippen LogP contribution is 2.39. The lowest BCUT2D eigenvalue weighted by molar-refractivity contribution is -0.274. The van der Waals surface area contributed by atoms with Crippen LogP contribution >= 0.6 is 0 Å². The maximum atomic E-state index is 12.5. The first-order chi connectivity index (χ1) is 11.9. The molecule has 0 radical (unpaired) electrons. The van der Waals surface area contributed by atoms with Gasteiger partial charge in [0.2, 0.25) is 0 Å². The van der Waals surface area contributed by atoms with Crippen molar-refractivity contribution in [1.82, 2.24) is 10.2 Å². The first-order valence-corrected chi connectivity index (χ1v) is 8.74. The maximum absolute atomic E-state index is 12.5. The summed E-state index contributed by atoms with van der Waals surface area (Å²) in [5.74, 6) is 0.551. The molecule has 2 rings (SSSR count). The Balaban J connectivity index is 2.34. The van der Waals surface area contributed by atoms with Crippen LogP contribution in [0.25, 0.3) is 0 Å². The Morgan fingerprint density at radius 3 is 2.48 bits per heavy atom. The van der Waals surface area contributed by atoms with Gasteiger partial charge in [-0.15, -0.1) is 13.2 Å². The summed E-state index contributed by atoms with van der Waals surface area (Å²) in [4.78, 5) is 2.39. The van der Waals surface area contributed by atoms with Gasteiger partial charge in [0.15, 0.2) is 0 Å². The Kier molecular flexibility index (Phi) is 6.95. The summed E-state index contributed by atoms with van der Waals surface area (Å²) < 4.78 is 46.9. The fourth-order valence-electron chi connectivity index (χ4n) is 3.57. The quantitative estimate of drug-likeness (QED) is 0.798. The summed E-state index contributed by atoms with van der Waals surface area (Å²) >= 11 is 0. The fraction of sp³-hybridized carbons (Fsp3) is 0.667. The summed E-state index contributed by atoms with van der Waals surface area (Å²) in [6.45, 7) is 7.96. The second-order valence-corrected chi connectivity index (χ2v) is 6.45. The van der Waals surface area contributed by atoms with Crippen LogP contribution in [0.5, 0.6) is 11.5 Å². The third-order valence-electron chi connectivity index (χ3n) is 4.59. The van der Waals surface area contributed by atoms with E-state index in [0.29, 0.717) is 11.7 Å². The second kappa shape index (κ2) is 8.76. The molecule has 1 N–H and O–H groups in total. The highest BCUT2D eigenvalue weighted by Gasteiger charge is 2.33. The molecule has 4 nitrogen and oxygen atoms in total. The van der Waals surface area contributed by atoms with Gasteiger partial charge in [0.1, 0.15) is 11.5 Å². The molecular formula is C18H27F3N2O2. The van der Waals surface area contributed by atoms with E-state index in [2.05, 4.69) is 28.8 Å². The van der Waals surface area contributed by atoms with Crippen molar-refractivity contribution in [2.24, 2.45) is 5.92 Å². The fourth-order valence-corrected chi connectivity index (χ4v) is 3.57. The zero-order valence-corrected chi connectivity index (χ0v) is 15.0. The van der Waals surface area contributed by atoms with Crippen LogP contribution in [0.1, 0.15) is 38.3 Å². The molecule has 2 atom stereocenters. The van der Waals surface area contributed by atoms with Gasteiger partial charge in [0.05, 0.1) is 7.11 Å². The topological polar surface area (TPSA) is 33.7 Å². The molecule has 0 aliphatic carbocycles. The average molecular weight is 360 g/mol. The highest BCUT2D eigenvalue weighted by atomic mass is 19.4. The van der Waals surface area contributed by atoms with Crippen molar-refractivity contribution in [3.63, 3.8) is 0 Å². The van der Waals surface area contributed by atoms with Crippen LogP contribution in [-0.2, 0) is 0 Å². The van der Waals surface area contributed by atoms with Gasteiger partial charge in [-0.25, -0.2) is 0 Å². The van der Waals surface area contributed by atoms with Crippen LogP contribution in [-0.4, -0.2) is 44.6 Å². The molecule has 0 bridgehead atoms. The van der Waals surface area contributed by atoms with Crippen molar-refractivity contribution in [1.29, 1.82) is 0 Å². The number of ether oxygens (including phenoxy) is 2. The van der Waals surface area contributed by atoms with E-state index in [4.69, 9.17) is 4.74 Å². The summed E-state index contributed by atoms with van der Waals surface area (Å²) in [6.07, 6.45) is -2.61. The van der Waals surface area contributed by atoms with Gasteiger partial charge in [-0.3, -0.25) is 4.90 Å². The predicted octanol–water partition coefficient (Wildman–Crippen LogP) is 3.98. The molecule has 1 fully saturated rings. The number of hydrogen-bond acceptors (Lipinski definition) is 4. The molecule has 25 heavy (non-hydrogen) atoms. The zero-order valence-electron chi connectivity index (χ0n) is 15.0. The number of nitrogens with one attached hydrogen (secondary N) is 1. The van der Waals surface area contributed by atoms with Crippen LogP contribution in [0.15, 0.2) is 18.2 Å². The van der Waals surface area contributed by atoms with Crippen LogP contribution in [0, 0.1) is 5.92 Å². The van der Waals surface area contributed by atoms with Crippen LogP contribution in [0.2, 0.25) is 0 Å². The van der Waals surface area contributed by atoms with Crippen molar-refractivity contribution in [2.75, 3.05) is 33.3 Å². The molecule has 1 unspecified atom stereocenters. The Bertz CT molecular complexity index is 546. The van der Waals surface area contributed by atoms with E-state index in [1.807, 2.05) is 0 Å². The SMILES string of the molecule is CCCC(C)[C@@H](c1ccc(OC(F)(F)F)cc1OC)N1CCNCC1. The van der Waals surface area contributed by atoms with Crippen molar-refractivity contribution >= 4 is 0 Å². The van der Waals surface area contributed by atoms with Gasteiger partial charge in [0.25, 0.3) is 0 Å². The van der Waals surface area contributed by atoms with Crippen LogP contribution in [0.4, 0.5) is 13.2 Å². The van der Waals surface area contributed by atoms with Gasteiger partial charge < -0.3 is 14.8 Å². The normalized spacial score (nSPS) is 18.6. The molecule has 0 amide bonds. The number of piperazine rings is 1. The van der Waals surface area contributed by atoms with Gasteiger partial charge >= 0.3 is 6.36 Å². The second-order valence-electron chi connectivity index (χ2n) is 6.45. The zero-order chi connectivity index (χ0) is 18.4. The number of alkyl halides is 3. The molecule has 142 valence electrons. The largest absolute Gasteiger partial charge is 0.573 e. The molecule has 0 spiro atoms. The average Bonchev–Trinajstić information content (AvgIpc) is 2.56. The number of nitrogens with zero attached hydrogens (tertiary/aromatic N) is 1. The number of hydrogen-bond donors (Lipinski definition) is 1. The Morgan fingerprint density at radius 2 is 1.92 bits per heavy atom. The molecule has 1 aliphatic rings. The van der Waals surface area contributed by atoms with Crippen molar-refractivity contribution in [3.8, 4) is 11.5 Å². The first kappa shape index (κ1) is 19.8. The minimum atomic E-state index is -4.71. The lowest BCUT2D eigenvalue weighted by Gasteiger charge is -2.39. The minimum Gasteiger partial charge on any atom is -0.496 e. The van der Waals surface area contributed by atoms with E-state index in [9.17, 15) is 13.2 Å². The van der Waals surface area contributed by atoms with Crippen molar-refractivity contribution < 1.29 is 22.6 Å². The molecular weight excluding hydrogens is 333 g/mol. The molecule has 1 aliphatic heterocycles.